The molecule has 1 aliphatic rings. The average Bonchev–Trinajstić information content (AvgIpc) is 2.97. The molecule has 86 valence electrons. The normalized spacial score (nSPS) is 14.8. The Balaban J connectivity index is 2.24. The summed E-state index contributed by atoms with van der Waals surface area (Å²) in [6.45, 7) is 4.55. The summed E-state index contributed by atoms with van der Waals surface area (Å²) in [7, 11) is 0. The van der Waals surface area contributed by atoms with Crippen molar-refractivity contribution in [1.82, 2.24) is 10.2 Å². The van der Waals surface area contributed by atoms with Gasteiger partial charge >= 0.3 is 0 Å². The smallest absolute Gasteiger partial charge is 0.239 e. The van der Waals surface area contributed by atoms with Crippen LogP contribution in [-0.4, -0.2) is 35.8 Å². The van der Waals surface area contributed by atoms with E-state index < -0.39 is 0 Å². The van der Waals surface area contributed by atoms with Crippen LogP contribution < -0.4 is 5.32 Å². The van der Waals surface area contributed by atoms with Crippen LogP contribution >= 0.6 is 0 Å². The van der Waals surface area contributed by atoms with Crippen molar-refractivity contribution in [3.05, 3.63) is 0 Å². The van der Waals surface area contributed by atoms with Gasteiger partial charge in [-0.3, -0.25) is 9.59 Å². The number of rotatable bonds is 6. The van der Waals surface area contributed by atoms with Gasteiger partial charge in [0.2, 0.25) is 11.8 Å². The lowest BCUT2D eigenvalue weighted by Crippen LogP contribution is -2.41. The molecule has 0 radical (unpaired) electrons. The van der Waals surface area contributed by atoms with Gasteiger partial charge in [-0.25, -0.2) is 0 Å². The predicted molar refractivity (Wildman–Crippen MR) is 58.3 cm³/mol. The highest BCUT2D eigenvalue weighted by Gasteiger charge is 2.31. The summed E-state index contributed by atoms with van der Waals surface area (Å²) < 4.78 is 0. The van der Waals surface area contributed by atoms with Crippen molar-refractivity contribution < 1.29 is 9.59 Å². The lowest BCUT2D eigenvalue weighted by molar-refractivity contribution is -0.134. The van der Waals surface area contributed by atoms with Crippen LogP contribution in [0.3, 0.4) is 0 Å². The third-order valence-corrected chi connectivity index (χ3v) is 2.56. The summed E-state index contributed by atoms with van der Waals surface area (Å²) in [6.07, 6.45) is 4.15. The first-order valence-electron chi connectivity index (χ1n) is 5.69. The van der Waals surface area contributed by atoms with Gasteiger partial charge < -0.3 is 10.2 Å². The summed E-state index contributed by atoms with van der Waals surface area (Å²) in [4.78, 5) is 24.4. The highest BCUT2D eigenvalue weighted by atomic mass is 16.2. The molecule has 2 amide bonds. The molecule has 0 unspecified atom stereocenters. The van der Waals surface area contributed by atoms with Gasteiger partial charge in [0.05, 0.1) is 6.54 Å². The maximum Gasteiger partial charge on any atom is 0.239 e. The van der Waals surface area contributed by atoms with Crippen molar-refractivity contribution in [3.63, 3.8) is 0 Å². The number of carbonyl (C=O) groups is 2. The molecule has 0 aromatic carbocycles. The minimum absolute atomic E-state index is 0.00291. The molecule has 0 heterocycles. The molecule has 0 spiro atoms. The van der Waals surface area contributed by atoms with E-state index in [1.165, 1.54) is 6.92 Å². The Kier molecular flexibility index (Phi) is 4.59. The quantitative estimate of drug-likeness (QED) is 0.665. The van der Waals surface area contributed by atoms with Crippen LogP contribution in [0.25, 0.3) is 0 Å². The van der Waals surface area contributed by atoms with Gasteiger partial charge in [0.15, 0.2) is 0 Å². The zero-order chi connectivity index (χ0) is 11.3. The maximum atomic E-state index is 11.5. The molecule has 1 rings (SSSR count). The Hall–Kier alpha value is -1.06. The largest absolute Gasteiger partial charge is 0.355 e. The van der Waals surface area contributed by atoms with E-state index in [4.69, 9.17) is 0 Å². The molecule has 1 aliphatic carbocycles. The number of carbonyl (C=O) groups excluding carboxylic acids is 2. The Bertz CT molecular complexity index is 237. The molecule has 1 fully saturated rings. The minimum Gasteiger partial charge on any atom is -0.355 e. The van der Waals surface area contributed by atoms with Crippen molar-refractivity contribution in [3.8, 4) is 0 Å². The topological polar surface area (TPSA) is 49.4 Å². The second kappa shape index (κ2) is 5.73. The molecule has 0 aliphatic heterocycles. The van der Waals surface area contributed by atoms with Gasteiger partial charge in [-0.2, -0.15) is 0 Å². The molecule has 0 saturated heterocycles. The van der Waals surface area contributed by atoms with Crippen molar-refractivity contribution in [2.45, 2.75) is 45.6 Å². The van der Waals surface area contributed by atoms with E-state index in [1.54, 1.807) is 4.90 Å². The van der Waals surface area contributed by atoms with Gasteiger partial charge in [0.1, 0.15) is 0 Å². The lowest BCUT2D eigenvalue weighted by Gasteiger charge is -2.19. The molecule has 1 saturated carbocycles. The van der Waals surface area contributed by atoms with E-state index in [0.29, 0.717) is 12.6 Å². The van der Waals surface area contributed by atoms with Crippen molar-refractivity contribution in [1.29, 1.82) is 0 Å². The third-order valence-electron chi connectivity index (χ3n) is 2.56. The molecule has 4 nitrogen and oxygen atoms in total. The Labute approximate surface area is 91.0 Å². The molecule has 0 atom stereocenters. The second-order valence-corrected chi connectivity index (χ2v) is 4.08. The van der Waals surface area contributed by atoms with Gasteiger partial charge in [0.25, 0.3) is 0 Å². The highest BCUT2D eigenvalue weighted by molar-refractivity contribution is 5.84. The molecule has 0 aromatic heterocycles. The molecular weight excluding hydrogens is 192 g/mol. The second-order valence-electron chi connectivity index (χ2n) is 4.08. The SMILES string of the molecule is CCCCNC(=O)CN(C(C)=O)C1CC1. The van der Waals surface area contributed by atoms with Gasteiger partial charge in [-0.15, -0.1) is 0 Å². The molecule has 1 N–H and O–H groups in total. The fourth-order valence-electron chi connectivity index (χ4n) is 1.50. The minimum atomic E-state index is -0.0365. The summed E-state index contributed by atoms with van der Waals surface area (Å²) in [5.74, 6) is -0.0336. The van der Waals surface area contributed by atoms with Gasteiger partial charge in [-0.1, -0.05) is 13.3 Å². The molecule has 15 heavy (non-hydrogen) atoms. The highest BCUT2D eigenvalue weighted by Crippen LogP contribution is 2.26. The third kappa shape index (κ3) is 4.32. The van der Waals surface area contributed by atoms with Crippen LogP contribution in [0.4, 0.5) is 0 Å². The summed E-state index contributed by atoms with van der Waals surface area (Å²) >= 11 is 0. The van der Waals surface area contributed by atoms with Crippen molar-refractivity contribution in [2.75, 3.05) is 13.1 Å². The summed E-state index contributed by atoms with van der Waals surface area (Å²) in [5.41, 5.74) is 0. The van der Waals surface area contributed by atoms with E-state index in [0.717, 1.165) is 25.7 Å². The van der Waals surface area contributed by atoms with Crippen molar-refractivity contribution >= 4 is 11.8 Å². The maximum absolute atomic E-state index is 11.5. The fourth-order valence-corrected chi connectivity index (χ4v) is 1.50. The standard InChI is InChI=1S/C11H20N2O2/c1-3-4-7-12-11(15)8-13(9(2)14)10-5-6-10/h10H,3-8H2,1-2H3,(H,12,15). The van der Waals surface area contributed by atoms with Crippen LogP contribution in [0.15, 0.2) is 0 Å². The Morgan fingerprint density at radius 1 is 1.40 bits per heavy atom. The first-order chi connectivity index (χ1) is 7.15. The molecular formula is C11H20N2O2. The molecule has 0 bridgehead atoms. The zero-order valence-electron chi connectivity index (χ0n) is 9.58. The van der Waals surface area contributed by atoms with Crippen LogP contribution in [0.5, 0.6) is 0 Å². The number of nitrogens with one attached hydrogen (secondary N) is 1. The summed E-state index contributed by atoms with van der Waals surface area (Å²) in [5, 5.41) is 2.82. The van der Waals surface area contributed by atoms with E-state index in [1.807, 2.05) is 0 Å². The molecule has 0 aromatic rings. The van der Waals surface area contributed by atoms with Crippen LogP contribution in [0.2, 0.25) is 0 Å². The van der Waals surface area contributed by atoms with Gasteiger partial charge in [0, 0.05) is 19.5 Å². The monoisotopic (exact) mass is 212 g/mol. The predicted octanol–water partition coefficient (Wildman–Crippen LogP) is 0.914. The fraction of sp³-hybridized carbons (Fsp3) is 0.818. The van der Waals surface area contributed by atoms with E-state index >= 15 is 0 Å². The summed E-state index contributed by atoms with van der Waals surface area (Å²) in [6, 6.07) is 0.319. The number of amides is 2. The zero-order valence-corrected chi connectivity index (χ0v) is 9.58. The van der Waals surface area contributed by atoms with E-state index in [2.05, 4.69) is 12.2 Å². The van der Waals surface area contributed by atoms with E-state index in [-0.39, 0.29) is 18.4 Å². The lowest BCUT2D eigenvalue weighted by atomic mass is 10.3. The van der Waals surface area contributed by atoms with Crippen LogP contribution in [0.1, 0.15) is 39.5 Å². The number of unbranched alkanes of at least 4 members (excludes halogenated alkanes) is 1. The average molecular weight is 212 g/mol. The number of hydrogen-bond acceptors (Lipinski definition) is 2. The van der Waals surface area contributed by atoms with Crippen molar-refractivity contribution in [2.24, 2.45) is 0 Å². The van der Waals surface area contributed by atoms with Crippen LogP contribution in [-0.2, 0) is 9.59 Å². The number of hydrogen-bond donors (Lipinski definition) is 1. The first kappa shape index (κ1) is 12.0. The molecule has 4 heteroatoms. The first-order valence-corrected chi connectivity index (χ1v) is 5.69. The van der Waals surface area contributed by atoms with Gasteiger partial charge in [-0.05, 0) is 19.3 Å². The van der Waals surface area contributed by atoms with Crippen LogP contribution in [0, 0.1) is 0 Å². The number of nitrogens with zero attached hydrogens (tertiary/aromatic N) is 1. The Morgan fingerprint density at radius 3 is 2.53 bits per heavy atom. The Morgan fingerprint density at radius 2 is 2.07 bits per heavy atom. The van der Waals surface area contributed by atoms with E-state index in [9.17, 15) is 9.59 Å².